The third-order valence-corrected chi connectivity index (χ3v) is 11.8. The zero-order valence-corrected chi connectivity index (χ0v) is 31.0. The van der Waals surface area contributed by atoms with E-state index in [-0.39, 0.29) is 0 Å². The van der Waals surface area contributed by atoms with Crippen LogP contribution in [0.1, 0.15) is 0 Å². The minimum Gasteiger partial charge on any atom is -0.455 e. The fourth-order valence-electron chi connectivity index (χ4n) is 8.01. The summed E-state index contributed by atoms with van der Waals surface area (Å²) in [6, 6.07) is 68.6. The summed E-state index contributed by atoms with van der Waals surface area (Å²) in [7, 11) is 0. The topological polar surface area (TPSA) is 38.9 Å². The second-order valence-corrected chi connectivity index (χ2v) is 15.2. The van der Waals surface area contributed by atoms with E-state index in [2.05, 4.69) is 164 Å². The number of furan rings is 1. The van der Waals surface area contributed by atoms with E-state index < -0.39 is 0 Å². The average molecular weight is 733 g/mol. The molecule has 0 spiro atoms. The molecule has 0 fully saturated rings. The Labute approximate surface area is 327 Å². The monoisotopic (exact) mass is 732 g/mol. The fraction of sp³-hybridized carbons (Fsp3) is 0. The van der Waals surface area contributed by atoms with Gasteiger partial charge in [0, 0.05) is 53.2 Å². The molecule has 56 heavy (non-hydrogen) atoms. The van der Waals surface area contributed by atoms with Gasteiger partial charge >= 0.3 is 0 Å². The molecule has 0 aliphatic carbocycles. The third kappa shape index (κ3) is 5.58. The van der Waals surface area contributed by atoms with Crippen molar-refractivity contribution in [2.45, 2.75) is 0 Å². The van der Waals surface area contributed by atoms with E-state index in [0.29, 0.717) is 5.82 Å². The molecule has 4 heteroatoms. The van der Waals surface area contributed by atoms with Crippen LogP contribution in [0.3, 0.4) is 0 Å². The lowest BCUT2D eigenvalue weighted by atomic mass is 9.90. The van der Waals surface area contributed by atoms with Crippen LogP contribution in [-0.4, -0.2) is 9.97 Å². The quantitative estimate of drug-likeness (QED) is 0.171. The summed E-state index contributed by atoms with van der Waals surface area (Å²) >= 11 is 1.83. The van der Waals surface area contributed by atoms with Crippen LogP contribution in [0.4, 0.5) is 0 Å². The van der Waals surface area contributed by atoms with Gasteiger partial charge in [0.25, 0.3) is 0 Å². The van der Waals surface area contributed by atoms with Crippen molar-refractivity contribution in [1.29, 1.82) is 0 Å². The highest BCUT2D eigenvalue weighted by molar-refractivity contribution is 7.25. The summed E-state index contributed by atoms with van der Waals surface area (Å²) in [5.41, 5.74) is 13.2. The molecule has 262 valence electrons. The van der Waals surface area contributed by atoms with Crippen LogP contribution in [0.2, 0.25) is 0 Å². The molecule has 0 aliphatic rings. The van der Waals surface area contributed by atoms with Crippen molar-refractivity contribution in [3.8, 4) is 67.3 Å². The lowest BCUT2D eigenvalue weighted by Crippen LogP contribution is -1.97. The van der Waals surface area contributed by atoms with Gasteiger partial charge in [0.05, 0.1) is 11.4 Å². The lowest BCUT2D eigenvalue weighted by Gasteiger charge is -2.15. The summed E-state index contributed by atoms with van der Waals surface area (Å²) in [6.07, 6.45) is 0. The van der Waals surface area contributed by atoms with Crippen LogP contribution in [0.15, 0.2) is 199 Å². The summed E-state index contributed by atoms with van der Waals surface area (Å²) < 4.78 is 9.16. The zero-order chi connectivity index (χ0) is 37.0. The molecule has 0 radical (unpaired) electrons. The van der Waals surface area contributed by atoms with Crippen LogP contribution in [0.5, 0.6) is 0 Å². The first-order valence-electron chi connectivity index (χ1n) is 18.8. The molecule has 0 saturated heterocycles. The minimum atomic E-state index is 0.685. The predicted octanol–water partition coefficient (Wildman–Crippen LogP) is 14.7. The van der Waals surface area contributed by atoms with E-state index >= 15 is 0 Å². The normalized spacial score (nSPS) is 11.6. The number of para-hydroxylation sites is 2. The SMILES string of the molecule is c1ccc(-c2nc(-c3cc(-c4ccccc4-c4ccccc4)cc(-c4cccc5c4oc4ccccc45)c3)cc(-c3ccc4sc5ccccc5c4c3)n2)cc1. The van der Waals surface area contributed by atoms with Gasteiger partial charge in [-0.1, -0.05) is 146 Å². The van der Waals surface area contributed by atoms with Gasteiger partial charge in [-0.3, -0.25) is 0 Å². The minimum absolute atomic E-state index is 0.685. The first-order valence-corrected chi connectivity index (χ1v) is 19.6. The van der Waals surface area contributed by atoms with E-state index in [1.165, 1.54) is 31.3 Å². The molecule has 11 aromatic rings. The molecule has 0 unspecified atom stereocenters. The van der Waals surface area contributed by atoms with Crippen LogP contribution >= 0.6 is 11.3 Å². The van der Waals surface area contributed by atoms with Gasteiger partial charge in [0.15, 0.2) is 5.82 Å². The van der Waals surface area contributed by atoms with E-state index in [9.17, 15) is 0 Å². The number of benzene rings is 8. The molecule has 0 N–H and O–H groups in total. The molecular formula is C52H32N2OS. The van der Waals surface area contributed by atoms with Crippen molar-refractivity contribution >= 4 is 53.4 Å². The molecular weight excluding hydrogens is 701 g/mol. The van der Waals surface area contributed by atoms with Gasteiger partial charge < -0.3 is 4.42 Å². The second-order valence-electron chi connectivity index (χ2n) is 14.1. The Hall–Kier alpha value is -7.14. The van der Waals surface area contributed by atoms with Crippen molar-refractivity contribution in [2.24, 2.45) is 0 Å². The third-order valence-electron chi connectivity index (χ3n) is 10.7. The Kier molecular flexibility index (Phi) is 7.68. The number of thiophene rings is 1. The first-order chi connectivity index (χ1) is 27.7. The van der Waals surface area contributed by atoms with Crippen molar-refractivity contribution in [2.75, 3.05) is 0 Å². The number of hydrogen-bond acceptors (Lipinski definition) is 4. The smallest absolute Gasteiger partial charge is 0.160 e. The number of rotatable bonds is 6. The molecule has 3 nitrogen and oxygen atoms in total. The predicted molar refractivity (Wildman–Crippen MR) is 235 cm³/mol. The van der Waals surface area contributed by atoms with Gasteiger partial charge in [-0.2, -0.15) is 0 Å². The van der Waals surface area contributed by atoms with Gasteiger partial charge in [-0.15, -0.1) is 11.3 Å². The van der Waals surface area contributed by atoms with Crippen LogP contribution in [0.25, 0.3) is 109 Å². The van der Waals surface area contributed by atoms with E-state index in [0.717, 1.165) is 72.3 Å². The highest BCUT2D eigenvalue weighted by Gasteiger charge is 2.18. The van der Waals surface area contributed by atoms with Gasteiger partial charge in [-0.05, 0) is 76.3 Å². The Morgan fingerprint density at radius 3 is 1.71 bits per heavy atom. The van der Waals surface area contributed by atoms with Crippen molar-refractivity contribution in [3.63, 3.8) is 0 Å². The summed E-state index contributed by atoms with van der Waals surface area (Å²) in [4.78, 5) is 10.5. The highest BCUT2D eigenvalue weighted by atomic mass is 32.1. The highest BCUT2D eigenvalue weighted by Crippen LogP contribution is 2.42. The molecule has 3 aromatic heterocycles. The lowest BCUT2D eigenvalue weighted by molar-refractivity contribution is 0.670. The summed E-state index contributed by atoms with van der Waals surface area (Å²) in [5, 5.41) is 4.71. The second kappa shape index (κ2) is 13.3. The van der Waals surface area contributed by atoms with Crippen molar-refractivity contribution < 1.29 is 4.42 Å². The fourth-order valence-corrected chi connectivity index (χ4v) is 9.10. The molecule has 0 saturated carbocycles. The number of fused-ring (bicyclic) bond motifs is 6. The van der Waals surface area contributed by atoms with Crippen molar-refractivity contribution in [3.05, 3.63) is 194 Å². The average Bonchev–Trinajstić information content (AvgIpc) is 3.85. The Balaban J connectivity index is 1.17. The maximum atomic E-state index is 6.61. The van der Waals surface area contributed by atoms with E-state index in [1.54, 1.807) is 0 Å². The Morgan fingerprint density at radius 2 is 0.911 bits per heavy atom. The van der Waals surface area contributed by atoms with E-state index in [4.69, 9.17) is 14.4 Å². The molecule has 0 atom stereocenters. The Bertz CT molecular complexity index is 3250. The molecule has 11 rings (SSSR count). The standard InChI is InChI=1S/C52H32N2OS/c1-3-14-33(15-4-1)39-18-7-8-19-40(39)36-28-37(41-22-13-23-44-42-20-9-11-24-48(42)55-51(41)44)30-38(29-36)47-32-46(53-52(54-47)34-16-5-2-6-17-34)35-26-27-50-45(31-35)43-21-10-12-25-49(43)56-50/h1-32H. The Morgan fingerprint density at radius 1 is 0.339 bits per heavy atom. The van der Waals surface area contributed by atoms with Gasteiger partial charge in [-0.25, -0.2) is 9.97 Å². The zero-order valence-electron chi connectivity index (χ0n) is 30.2. The summed E-state index contributed by atoms with van der Waals surface area (Å²) in [6.45, 7) is 0. The van der Waals surface area contributed by atoms with Crippen LogP contribution in [-0.2, 0) is 0 Å². The maximum absolute atomic E-state index is 6.61. The van der Waals surface area contributed by atoms with E-state index in [1.807, 2.05) is 41.7 Å². The first kappa shape index (κ1) is 32.3. The van der Waals surface area contributed by atoms with Gasteiger partial charge in [0.1, 0.15) is 11.2 Å². The molecule has 0 aliphatic heterocycles. The van der Waals surface area contributed by atoms with Crippen LogP contribution < -0.4 is 0 Å². The summed E-state index contributed by atoms with van der Waals surface area (Å²) in [5.74, 6) is 0.685. The maximum Gasteiger partial charge on any atom is 0.160 e. The molecule has 8 aromatic carbocycles. The van der Waals surface area contributed by atoms with Crippen molar-refractivity contribution in [1.82, 2.24) is 9.97 Å². The molecule has 0 bridgehead atoms. The molecule has 0 amide bonds. The van der Waals surface area contributed by atoms with Gasteiger partial charge in [0.2, 0.25) is 0 Å². The van der Waals surface area contributed by atoms with Crippen LogP contribution in [0, 0.1) is 0 Å². The number of hydrogen-bond donors (Lipinski definition) is 0. The number of nitrogens with zero attached hydrogens (tertiary/aromatic N) is 2. The molecule has 3 heterocycles. The largest absolute Gasteiger partial charge is 0.455 e. The number of aromatic nitrogens is 2.